The summed E-state index contributed by atoms with van der Waals surface area (Å²) in [6.45, 7) is 7.93. The Morgan fingerprint density at radius 3 is 2.55 bits per heavy atom. The molecule has 0 atom stereocenters. The predicted octanol–water partition coefficient (Wildman–Crippen LogP) is 3.67. The quantitative estimate of drug-likeness (QED) is 0.913. The number of hydrogen-bond acceptors (Lipinski definition) is 4. The van der Waals surface area contributed by atoms with Crippen LogP contribution in [0.2, 0.25) is 0 Å². The molecule has 108 valence electrons. The first kappa shape index (κ1) is 15.0. The third-order valence-electron chi connectivity index (χ3n) is 3.44. The Morgan fingerprint density at radius 2 is 2.00 bits per heavy atom. The zero-order chi connectivity index (χ0) is 14.7. The molecule has 4 heteroatoms. The van der Waals surface area contributed by atoms with E-state index < -0.39 is 0 Å². The van der Waals surface area contributed by atoms with Crippen molar-refractivity contribution in [3.63, 3.8) is 0 Å². The lowest BCUT2D eigenvalue weighted by Crippen LogP contribution is -2.16. The molecule has 0 aliphatic carbocycles. The number of anilines is 1. The maximum absolute atomic E-state index is 5.83. The van der Waals surface area contributed by atoms with Crippen molar-refractivity contribution in [2.45, 2.75) is 39.8 Å². The van der Waals surface area contributed by atoms with Gasteiger partial charge in [-0.3, -0.25) is 0 Å². The second kappa shape index (κ2) is 6.37. The van der Waals surface area contributed by atoms with Crippen LogP contribution in [-0.4, -0.2) is 12.0 Å². The van der Waals surface area contributed by atoms with Crippen LogP contribution in [0, 0.1) is 6.92 Å². The average Bonchev–Trinajstić information content (AvgIpc) is 2.86. The highest BCUT2D eigenvalue weighted by atomic mass is 32.1. The van der Waals surface area contributed by atoms with Gasteiger partial charge in [-0.15, -0.1) is 11.3 Å². The Balaban J connectivity index is 2.21. The lowest BCUT2D eigenvalue weighted by molar-refractivity contribution is 0.804. The Labute approximate surface area is 125 Å². The molecule has 20 heavy (non-hydrogen) atoms. The largest absolute Gasteiger partial charge is 0.347 e. The Kier molecular flexibility index (Phi) is 4.78. The van der Waals surface area contributed by atoms with E-state index in [1.165, 1.54) is 16.0 Å². The van der Waals surface area contributed by atoms with Crippen molar-refractivity contribution < 1.29 is 0 Å². The van der Waals surface area contributed by atoms with Gasteiger partial charge in [0, 0.05) is 25.0 Å². The lowest BCUT2D eigenvalue weighted by Gasteiger charge is -2.17. The van der Waals surface area contributed by atoms with Gasteiger partial charge in [0.25, 0.3) is 0 Å². The number of rotatable bonds is 5. The van der Waals surface area contributed by atoms with E-state index in [2.05, 4.69) is 57.0 Å². The fourth-order valence-electron chi connectivity index (χ4n) is 2.22. The first-order valence-corrected chi connectivity index (χ1v) is 7.80. The van der Waals surface area contributed by atoms with E-state index in [4.69, 9.17) is 10.7 Å². The number of thiazole rings is 1. The first-order valence-electron chi connectivity index (χ1n) is 6.98. The third-order valence-corrected chi connectivity index (χ3v) is 4.65. The van der Waals surface area contributed by atoms with Crippen LogP contribution < -0.4 is 10.6 Å². The van der Waals surface area contributed by atoms with E-state index >= 15 is 0 Å². The SMILES string of the molecule is Cc1ccccc1CN(C)c1nc(C(C)C)c(CN)s1. The molecule has 1 aromatic carbocycles. The molecule has 0 aliphatic heterocycles. The summed E-state index contributed by atoms with van der Waals surface area (Å²) >= 11 is 1.71. The zero-order valence-corrected chi connectivity index (χ0v) is 13.5. The smallest absolute Gasteiger partial charge is 0.185 e. The highest BCUT2D eigenvalue weighted by molar-refractivity contribution is 7.15. The molecule has 0 fully saturated rings. The van der Waals surface area contributed by atoms with Crippen LogP contribution >= 0.6 is 11.3 Å². The number of nitrogens with two attached hydrogens (primary N) is 1. The Morgan fingerprint density at radius 1 is 1.30 bits per heavy atom. The molecule has 1 aromatic heterocycles. The van der Waals surface area contributed by atoms with E-state index in [1.807, 2.05) is 0 Å². The summed E-state index contributed by atoms with van der Waals surface area (Å²) in [4.78, 5) is 8.18. The molecule has 2 aromatic rings. The highest BCUT2D eigenvalue weighted by Crippen LogP contribution is 2.30. The van der Waals surface area contributed by atoms with Gasteiger partial charge in [-0.1, -0.05) is 38.1 Å². The number of benzene rings is 1. The van der Waals surface area contributed by atoms with Crippen molar-refractivity contribution in [3.8, 4) is 0 Å². The van der Waals surface area contributed by atoms with Crippen LogP contribution in [0.15, 0.2) is 24.3 Å². The molecule has 0 saturated heterocycles. The van der Waals surface area contributed by atoms with Crippen LogP contribution in [-0.2, 0) is 13.1 Å². The molecule has 2 N–H and O–H groups in total. The molecule has 0 aliphatic rings. The fourth-order valence-corrected chi connectivity index (χ4v) is 3.28. The molecule has 0 bridgehead atoms. The lowest BCUT2D eigenvalue weighted by atomic mass is 10.1. The van der Waals surface area contributed by atoms with E-state index in [0.29, 0.717) is 12.5 Å². The van der Waals surface area contributed by atoms with Crippen LogP contribution in [0.25, 0.3) is 0 Å². The minimum Gasteiger partial charge on any atom is -0.347 e. The van der Waals surface area contributed by atoms with Gasteiger partial charge in [0.1, 0.15) is 0 Å². The molecular weight excluding hydrogens is 266 g/mol. The maximum Gasteiger partial charge on any atom is 0.185 e. The van der Waals surface area contributed by atoms with Crippen LogP contribution in [0.5, 0.6) is 0 Å². The van der Waals surface area contributed by atoms with Gasteiger partial charge in [0.15, 0.2) is 5.13 Å². The monoisotopic (exact) mass is 289 g/mol. The molecule has 0 saturated carbocycles. The third kappa shape index (κ3) is 3.19. The minimum atomic E-state index is 0.422. The van der Waals surface area contributed by atoms with Crippen LogP contribution in [0.3, 0.4) is 0 Å². The molecule has 0 amide bonds. The van der Waals surface area contributed by atoms with E-state index in [9.17, 15) is 0 Å². The summed E-state index contributed by atoms with van der Waals surface area (Å²) < 4.78 is 0. The van der Waals surface area contributed by atoms with Gasteiger partial charge >= 0.3 is 0 Å². The molecule has 1 heterocycles. The topological polar surface area (TPSA) is 42.2 Å². The predicted molar refractivity (Wildman–Crippen MR) is 87.4 cm³/mol. The van der Waals surface area contributed by atoms with Crippen LogP contribution in [0.4, 0.5) is 5.13 Å². The van der Waals surface area contributed by atoms with E-state index in [-0.39, 0.29) is 0 Å². The van der Waals surface area contributed by atoms with E-state index in [0.717, 1.165) is 17.4 Å². The summed E-state index contributed by atoms with van der Waals surface area (Å²) in [6.07, 6.45) is 0. The van der Waals surface area contributed by atoms with Crippen molar-refractivity contribution in [2.24, 2.45) is 5.73 Å². The Hall–Kier alpha value is -1.39. The number of aryl methyl sites for hydroxylation is 1. The van der Waals surface area contributed by atoms with E-state index in [1.54, 1.807) is 11.3 Å². The molecule has 0 spiro atoms. The zero-order valence-electron chi connectivity index (χ0n) is 12.7. The summed E-state index contributed by atoms with van der Waals surface area (Å²) in [6, 6.07) is 8.48. The summed E-state index contributed by atoms with van der Waals surface area (Å²) in [5.74, 6) is 0.422. The molecule has 0 unspecified atom stereocenters. The second-order valence-corrected chi connectivity index (χ2v) is 6.51. The first-order chi connectivity index (χ1) is 9.52. The molecule has 0 radical (unpaired) electrons. The normalized spacial score (nSPS) is 11.1. The standard InChI is InChI=1S/C16H23N3S/c1-11(2)15-14(9-17)20-16(18-15)19(4)10-13-8-6-5-7-12(13)3/h5-8,11H,9-10,17H2,1-4H3. The summed E-state index contributed by atoms with van der Waals surface area (Å²) in [5, 5.41) is 1.05. The van der Waals surface area contributed by atoms with Crippen molar-refractivity contribution in [1.82, 2.24) is 4.98 Å². The fraction of sp³-hybridized carbons (Fsp3) is 0.438. The van der Waals surface area contributed by atoms with Crippen molar-refractivity contribution in [3.05, 3.63) is 46.0 Å². The van der Waals surface area contributed by atoms with Gasteiger partial charge in [-0.05, 0) is 24.0 Å². The maximum atomic E-state index is 5.83. The van der Waals surface area contributed by atoms with Crippen LogP contribution in [0.1, 0.15) is 41.5 Å². The second-order valence-electron chi connectivity index (χ2n) is 5.45. The number of nitrogens with zero attached hydrogens (tertiary/aromatic N) is 2. The molecular formula is C16H23N3S. The molecule has 2 rings (SSSR count). The minimum absolute atomic E-state index is 0.422. The van der Waals surface area contributed by atoms with Gasteiger partial charge in [0.05, 0.1) is 5.69 Å². The van der Waals surface area contributed by atoms with Crippen molar-refractivity contribution >= 4 is 16.5 Å². The van der Waals surface area contributed by atoms with Gasteiger partial charge in [-0.2, -0.15) is 0 Å². The average molecular weight is 289 g/mol. The van der Waals surface area contributed by atoms with Crippen molar-refractivity contribution in [2.75, 3.05) is 11.9 Å². The van der Waals surface area contributed by atoms with Gasteiger partial charge in [-0.25, -0.2) is 4.98 Å². The summed E-state index contributed by atoms with van der Waals surface area (Å²) in [7, 11) is 2.09. The summed E-state index contributed by atoms with van der Waals surface area (Å²) in [5.41, 5.74) is 9.63. The molecule has 3 nitrogen and oxygen atoms in total. The van der Waals surface area contributed by atoms with Gasteiger partial charge in [0.2, 0.25) is 0 Å². The number of hydrogen-bond donors (Lipinski definition) is 1. The number of aromatic nitrogens is 1. The highest BCUT2D eigenvalue weighted by Gasteiger charge is 2.15. The Bertz CT molecular complexity index is 575. The van der Waals surface area contributed by atoms with Gasteiger partial charge < -0.3 is 10.6 Å². The van der Waals surface area contributed by atoms with Crippen molar-refractivity contribution in [1.29, 1.82) is 0 Å².